The van der Waals surface area contributed by atoms with Gasteiger partial charge in [0, 0.05) is 18.7 Å². The van der Waals surface area contributed by atoms with Gasteiger partial charge in [-0.1, -0.05) is 0 Å². The van der Waals surface area contributed by atoms with E-state index in [9.17, 15) is 17.6 Å². The van der Waals surface area contributed by atoms with Crippen molar-refractivity contribution in [3.8, 4) is 0 Å². The zero-order chi connectivity index (χ0) is 16.0. The van der Waals surface area contributed by atoms with Crippen LogP contribution < -0.4 is 10.5 Å². The van der Waals surface area contributed by atoms with Crippen LogP contribution in [-0.4, -0.2) is 27.5 Å². The topological polar surface area (TPSA) is 98.5 Å². The highest BCUT2D eigenvalue weighted by Gasteiger charge is 2.20. The first-order valence-corrected chi connectivity index (χ1v) is 7.97. The SMILES string of the molecule is CCOC(=O)CCCNS(=O)(=O)c1cc(N)cc(C)c1F. The molecule has 3 N–H and O–H groups in total. The number of hydrogen-bond donors (Lipinski definition) is 2. The first kappa shape index (κ1) is 17.4. The Kier molecular flexibility index (Phi) is 6.10. The fraction of sp³-hybridized carbons (Fsp3) is 0.462. The van der Waals surface area contributed by atoms with Gasteiger partial charge in [-0.15, -0.1) is 0 Å². The van der Waals surface area contributed by atoms with Crippen molar-refractivity contribution in [2.45, 2.75) is 31.6 Å². The fourth-order valence-corrected chi connectivity index (χ4v) is 2.97. The molecule has 8 heteroatoms. The molecule has 21 heavy (non-hydrogen) atoms. The highest BCUT2D eigenvalue weighted by Crippen LogP contribution is 2.21. The van der Waals surface area contributed by atoms with Gasteiger partial charge >= 0.3 is 5.97 Å². The maximum Gasteiger partial charge on any atom is 0.305 e. The van der Waals surface area contributed by atoms with Gasteiger partial charge in [0.05, 0.1) is 6.61 Å². The molecule has 0 atom stereocenters. The van der Waals surface area contributed by atoms with Crippen LogP contribution in [0.3, 0.4) is 0 Å². The lowest BCUT2D eigenvalue weighted by atomic mass is 10.2. The Balaban J connectivity index is 2.69. The Hall–Kier alpha value is -1.67. The van der Waals surface area contributed by atoms with Gasteiger partial charge in [-0.05, 0) is 38.0 Å². The van der Waals surface area contributed by atoms with Crippen molar-refractivity contribution in [3.05, 3.63) is 23.5 Å². The molecule has 0 saturated heterocycles. The summed E-state index contributed by atoms with van der Waals surface area (Å²) in [6.07, 6.45) is 0.357. The number of benzene rings is 1. The monoisotopic (exact) mass is 318 g/mol. The smallest absolute Gasteiger partial charge is 0.305 e. The molecule has 0 spiro atoms. The number of ether oxygens (including phenoxy) is 1. The summed E-state index contributed by atoms with van der Waals surface area (Å²) in [6, 6.07) is 2.42. The summed E-state index contributed by atoms with van der Waals surface area (Å²) in [5, 5.41) is 0. The van der Waals surface area contributed by atoms with Crippen LogP contribution in [0.5, 0.6) is 0 Å². The number of hydrogen-bond acceptors (Lipinski definition) is 5. The second-order valence-corrected chi connectivity index (χ2v) is 6.19. The number of esters is 1. The van der Waals surface area contributed by atoms with Crippen LogP contribution in [-0.2, 0) is 19.6 Å². The molecule has 0 saturated carbocycles. The molecular weight excluding hydrogens is 299 g/mol. The molecule has 0 aromatic heterocycles. The molecule has 0 radical (unpaired) electrons. The Labute approximate surface area is 123 Å². The second kappa shape index (κ2) is 7.37. The standard InChI is InChI=1S/C13H19FN2O4S/c1-3-20-12(17)5-4-6-16-21(18,19)11-8-10(15)7-9(2)13(11)14/h7-8,16H,3-6,15H2,1-2H3. The number of nitrogens with one attached hydrogen (secondary N) is 1. The van der Waals surface area contributed by atoms with E-state index in [1.165, 1.54) is 13.0 Å². The zero-order valence-electron chi connectivity index (χ0n) is 12.0. The third kappa shape index (κ3) is 4.98. The highest BCUT2D eigenvalue weighted by atomic mass is 32.2. The molecule has 0 unspecified atom stereocenters. The van der Waals surface area contributed by atoms with Crippen molar-refractivity contribution in [1.82, 2.24) is 4.72 Å². The molecule has 1 rings (SSSR count). The van der Waals surface area contributed by atoms with Gasteiger partial charge in [-0.25, -0.2) is 17.5 Å². The lowest BCUT2D eigenvalue weighted by molar-refractivity contribution is -0.143. The predicted octanol–water partition coefficient (Wildman–Crippen LogP) is 1.34. The fourth-order valence-electron chi connectivity index (χ4n) is 1.71. The van der Waals surface area contributed by atoms with Crippen molar-refractivity contribution >= 4 is 21.7 Å². The number of nitrogens with two attached hydrogens (primary N) is 1. The first-order valence-electron chi connectivity index (χ1n) is 6.49. The largest absolute Gasteiger partial charge is 0.466 e. The Bertz CT molecular complexity index is 617. The molecule has 118 valence electrons. The summed E-state index contributed by atoms with van der Waals surface area (Å²) >= 11 is 0. The summed E-state index contributed by atoms with van der Waals surface area (Å²) in [5.74, 6) is -1.23. The van der Waals surface area contributed by atoms with E-state index in [4.69, 9.17) is 10.5 Å². The number of rotatable bonds is 7. The summed E-state index contributed by atoms with van der Waals surface area (Å²) < 4.78 is 44.8. The number of nitrogen functional groups attached to an aromatic ring is 1. The van der Waals surface area contributed by atoms with Crippen LogP contribution >= 0.6 is 0 Å². The molecule has 0 bridgehead atoms. The summed E-state index contributed by atoms with van der Waals surface area (Å²) in [7, 11) is -4.00. The van der Waals surface area contributed by atoms with E-state index in [0.29, 0.717) is 0 Å². The number of carbonyl (C=O) groups is 1. The maximum atomic E-state index is 13.9. The van der Waals surface area contributed by atoms with Crippen LogP contribution in [0.25, 0.3) is 0 Å². The maximum absolute atomic E-state index is 13.9. The van der Waals surface area contributed by atoms with E-state index < -0.39 is 26.7 Å². The van der Waals surface area contributed by atoms with E-state index in [1.807, 2.05) is 0 Å². The quantitative estimate of drug-likeness (QED) is 0.449. The van der Waals surface area contributed by atoms with Crippen molar-refractivity contribution in [1.29, 1.82) is 0 Å². The van der Waals surface area contributed by atoms with Crippen LogP contribution in [0.4, 0.5) is 10.1 Å². The Morgan fingerprint density at radius 3 is 2.71 bits per heavy atom. The molecule has 0 aliphatic carbocycles. The second-order valence-electron chi connectivity index (χ2n) is 4.46. The van der Waals surface area contributed by atoms with Gasteiger partial charge in [0.15, 0.2) is 0 Å². The minimum atomic E-state index is -4.00. The molecule has 6 nitrogen and oxygen atoms in total. The van der Waals surface area contributed by atoms with Crippen LogP contribution in [0.1, 0.15) is 25.3 Å². The highest BCUT2D eigenvalue weighted by molar-refractivity contribution is 7.89. The molecular formula is C13H19FN2O4S. The van der Waals surface area contributed by atoms with Crippen LogP contribution in [0, 0.1) is 12.7 Å². The van der Waals surface area contributed by atoms with Gasteiger partial charge < -0.3 is 10.5 Å². The molecule has 0 aliphatic rings. The average Bonchev–Trinajstić information content (AvgIpc) is 2.39. The molecule has 0 amide bonds. The minimum Gasteiger partial charge on any atom is -0.466 e. The van der Waals surface area contributed by atoms with Gasteiger partial charge in [-0.2, -0.15) is 0 Å². The number of halogens is 1. The van der Waals surface area contributed by atoms with Gasteiger partial charge in [-0.3, -0.25) is 4.79 Å². The lowest BCUT2D eigenvalue weighted by Crippen LogP contribution is -2.26. The van der Waals surface area contributed by atoms with Crippen molar-refractivity contribution in [2.24, 2.45) is 0 Å². The summed E-state index contributed by atoms with van der Waals surface area (Å²) in [6.45, 7) is 3.41. The number of carbonyl (C=O) groups excluding carboxylic acids is 1. The zero-order valence-corrected chi connectivity index (χ0v) is 12.8. The van der Waals surface area contributed by atoms with Crippen LogP contribution in [0.15, 0.2) is 17.0 Å². The van der Waals surface area contributed by atoms with E-state index >= 15 is 0 Å². The third-order valence-electron chi connectivity index (χ3n) is 2.69. The lowest BCUT2D eigenvalue weighted by Gasteiger charge is -2.10. The Morgan fingerprint density at radius 2 is 2.10 bits per heavy atom. The molecule has 0 heterocycles. The van der Waals surface area contributed by atoms with Crippen molar-refractivity contribution in [3.63, 3.8) is 0 Å². The molecule has 1 aromatic carbocycles. The van der Waals surface area contributed by atoms with Gasteiger partial charge in [0.2, 0.25) is 10.0 Å². The molecule has 0 aliphatic heterocycles. The van der Waals surface area contributed by atoms with Gasteiger partial charge in [0.25, 0.3) is 0 Å². The normalized spacial score (nSPS) is 11.4. The molecule has 1 aromatic rings. The third-order valence-corrected chi connectivity index (χ3v) is 4.15. The number of sulfonamides is 1. The predicted molar refractivity (Wildman–Crippen MR) is 76.6 cm³/mol. The van der Waals surface area contributed by atoms with Crippen molar-refractivity contribution in [2.75, 3.05) is 18.9 Å². The average molecular weight is 318 g/mol. The first-order chi connectivity index (χ1) is 9.77. The van der Waals surface area contributed by atoms with E-state index in [0.717, 1.165) is 6.07 Å². The number of anilines is 1. The van der Waals surface area contributed by atoms with E-state index in [-0.39, 0.29) is 37.2 Å². The van der Waals surface area contributed by atoms with E-state index in [1.54, 1.807) is 6.92 Å². The molecule has 0 fully saturated rings. The van der Waals surface area contributed by atoms with Crippen molar-refractivity contribution < 1.29 is 22.3 Å². The number of aryl methyl sites for hydroxylation is 1. The van der Waals surface area contributed by atoms with Gasteiger partial charge in [0.1, 0.15) is 10.7 Å². The van der Waals surface area contributed by atoms with Crippen LogP contribution in [0.2, 0.25) is 0 Å². The van der Waals surface area contributed by atoms with E-state index in [2.05, 4.69) is 4.72 Å². The minimum absolute atomic E-state index is 0.00837. The summed E-state index contributed by atoms with van der Waals surface area (Å²) in [5.41, 5.74) is 5.85. The Morgan fingerprint density at radius 1 is 1.43 bits per heavy atom. The summed E-state index contributed by atoms with van der Waals surface area (Å²) in [4.78, 5) is 10.6.